The molecule has 0 aliphatic rings. The molecule has 1 atom stereocenters. The Morgan fingerprint density at radius 3 is 2.48 bits per heavy atom. The first-order chi connectivity index (χ1) is 13.9. The van der Waals surface area contributed by atoms with E-state index in [1.807, 2.05) is 31.2 Å². The average Bonchev–Trinajstić information content (AvgIpc) is 2.72. The third-order valence-corrected chi connectivity index (χ3v) is 5.03. The van der Waals surface area contributed by atoms with E-state index in [0.29, 0.717) is 23.9 Å². The first-order valence-electron chi connectivity index (χ1n) is 9.92. The molecular weight excluding hydrogens is 388 g/mol. The molecule has 6 heteroatoms. The van der Waals surface area contributed by atoms with E-state index < -0.39 is 6.04 Å². The van der Waals surface area contributed by atoms with Crippen molar-refractivity contribution < 1.29 is 14.3 Å². The number of unbranched alkanes of at least 4 members (excludes halogenated alkanes) is 1. The Kier molecular flexibility index (Phi) is 9.00. The van der Waals surface area contributed by atoms with Crippen LogP contribution >= 0.6 is 11.6 Å². The zero-order valence-electron chi connectivity index (χ0n) is 17.3. The Hall–Kier alpha value is -2.53. The molecule has 0 unspecified atom stereocenters. The van der Waals surface area contributed by atoms with Crippen LogP contribution in [-0.2, 0) is 16.1 Å². The van der Waals surface area contributed by atoms with Crippen molar-refractivity contribution in [1.82, 2.24) is 10.2 Å². The van der Waals surface area contributed by atoms with Crippen molar-refractivity contribution in [1.29, 1.82) is 0 Å². The lowest BCUT2D eigenvalue weighted by Crippen LogP contribution is -2.49. The number of nitrogens with zero attached hydrogens (tertiary/aromatic N) is 1. The molecule has 0 heterocycles. The second-order valence-corrected chi connectivity index (χ2v) is 7.45. The highest BCUT2D eigenvalue weighted by Gasteiger charge is 2.26. The van der Waals surface area contributed by atoms with Crippen LogP contribution in [0.15, 0.2) is 48.5 Å². The van der Waals surface area contributed by atoms with Crippen LogP contribution in [0.5, 0.6) is 5.75 Å². The average molecular weight is 417 g/mol. The minimum Gasteiger partial charge on any atom is -0.484 e. The van der Waals surface area contributed by atoms with Crippen molar-refractivity contribution in [2.24, 2.45) is 0 Å². The van der Waals surface area contributed by atoms with Crippen molar-refractivity contribution in [3.63, 3.8) is 0 Å². The number of halogens is 1. The van der Waals surface area contributed by atoms with Crippen LogP contribution in [0.1, 0.15) is 37.8 Å². The molecule has 0 aliphatic carbocycles. The van der Waals surface area contributed by atoms with Gasteiger partial charge in [-0.2, -0.15) is 0 Å². The topological polar surface area (TPSA) is 58.6 Å². The predicted octanol–water partition coefficient (Wildman–Crippen LogP) is 4.36. The maximum atomic E-state index is 13.0. The zero-order valence-corrected chi connectivity index (χ0v) is 18.0. The van der Waals surface area contributed by atoms with Crippen molar-refractivity contribution >= 4 is 23.4 Å². The fraction of sp³-hybridized carbons (Fsp3) is 0.391. The molecule has 0 aromatic heterocycles. The van der Waals surface area contributed by atoms with E-state index in [4.69, 9.17) is 16.3 Å². The number of carbonyl (C=O) groups is 2. The summed E-state index contributed by atoms with van der Waals surface area (Å²) in [6.07, 6.45) is 1.90. The van der Waals surface area contributed by atoms with Gasteiger partial charge in [0.25, 0.3) is 5.91 Å². The maximum Gasteiger partial charge on any atom is 0.261 e. The standard InChI is InChI=1S/C23H29ClN2O3/c1-4-5-14-25-23(28)18(3)26(15-19-9-7-6-8-17(19)2)22(27)16-29-21-12-10-20(24)11-13-21/h6-13,18H,4-5,14-16H2,1-3H3,(H,25,28)/t18-/m0/s1. The minimum atomic E-state index is -0.604. The molecule has 29 heavy (non-hydrogen) atoms. The van der Waals surface area contributed by atoms with Crippen LogP contribution in [0.3, 0.4) is 0 Å². The van der Waals surface area contributed by atoms with Gasteiger partial charge in [0.15, 0.2) is 6.61 Å². The van der Waals surface area contributed by atoms with Crippen molar-refractivity contribution in [2.45, 2.75) is 46.2 Å². The summed E-state index contributed by atoms with van der Waals surface area (Å²) in [6.45, 7) is 6.61. The summed E-state index contributed by atoms with van der Waals surface area (Å²) in [5.41, 5.74) is 2.07. The van der Waals surface area contributed by atoms with Gasteiger partial charge in [0.2, 0.25) is 5.91 Å². The van der Waals surface area contributed by atoms with Crippen LogP contribution in [0.2, 0.25) is 5.02 Å². The van der Waals surface area contributed by atoms with Crippen molar-refractivity contribution in [3.8, 4) is 5.75 Å². The van der Waals surface area contributed by atoms with E-state index in [1.165, 1.54) is 0 Å². The van der Waals surface area contributed by atoms with Gasteiger partial charge < -0.3 is 15.0 Å². The number of carbonyl (C=O) groups excluding carboxylic acids is 2. The van der Waals surface area contributed by atoms with Crippen LogP contribution in [0.25, 0.3) is 0 Å². The number of hydrogen-bond donors (Lipinski definition) is 1. The Morgan fingerprint density at radius 1 is 1.14 bits per heavy atom. The van der Waals surface area contributed by atoms with Crippen molar-refractivity contribution in [2.75, 3.05) is 13.2 Å². The third-order valence-electron chi connectivity index (χ3n) is 4.77. The van der Waals surface area contributed by atoms with Gasteiger partial charge in [-0.25, -0.2) is 0 Å². The molecule has 0 bridgehead atoms. The van der Waals surface area contributed by atoms with Gasteiger partial charge in [-0.1, -0.05) is 49.2 Å². The van der Waals surface area contributed by atoms with Gasteiger partial charge in [0, 0.05) is 18.1 Å². The Labute approximate surface area is 178 Å². The largest absolute Gasteiger partial charge is 0.484 e. The number of hydrogen-bond acceptors (Lipinski definition) is 3. The first-order valence-corrected chi connectivity index (χ1v) is 10.3. The van der Waals surface area contributed by atoms with E-state index in [1.54, 1.807) is 36.1 Å². The highest BCUT2D eigenvalue weighted by molar-refractivity contribution is 6.30. The summed E-state index contributed by atoms with van der Waals surface area (Å²) in [4.78, 5) is 27.1. The minimum absolute atomic E-state index is 0.153. The molecule has 2 aromatic carbocycles. The van der Waals surface area contributed by atoms with Gasteiger partial charge in [-0.05, 0) is 55.7 Å². The summed E-state index contributed by atoms with van der Waals surface area (Å²) < 4.78 is 5.62. The highest BCUT2D eigenvalue weighted by Crippen LogP contribution is 2.17. The van der Waals surface area contributed by atoms with Gasteiger partial charge in [-0.15, -0.1) is 0 Å². The molecule has 156 valence electrons. The Morgan fingerprint density at radius 2 is 1.83 bits per heavy atom. The second-order valence-electron chi connectivity index (χ2n) is 7.01. The molecule has 0 saturated carbocycles. The quantitative estimate of drug-likeness (QED) is 0.585. The number of aryl methyl sites for hydroxylation is 1. The summed E-state index contributed by atoms with van der Waals surface area (Å²) in [7, 11) is 0. The summed E-state index contributed by atoms with van der Waals surface area (Å²) in [5, 5.41) is 3.51. The highest BCUT2D eigenvalue weighted by atomic mass is 35.5. The van der Waals surface area contributed by atoms with Gasteiger partial charge >= 0.3 is 0 Å². The lowest BCUT2D eigenvalue weighted by molar-refractivity contribution is -0.142. The molecule has 1 N–H and O–H groups in total. The summed E-state index contributed by atoms with van der Waals surface area (Å²) in [6, 6.07) is 14.1. The van der Waals surface area contributed by atoms with Gasteiger partial charge in [0.05, 0.1) is 0 Å². The summed E-state index contributed by atoms with van der Waals surface area (Å²) in [5.74, 6) is 0.145. The van der Waals surface area contributed by atoms with Crippen LogP contribution in [0, 0.1) is 6.92 Å². The number of rotatable bonds is 10. The first kappa shape index (κ1) is 22.8. The van der Waals surface area contributed by atoms with E-state index >= 15 is 0 Å². The molecule has 0 spiro atoms. The molecule has 2 amide bonds. The Balaban J connectivity index is 2.11. The number of nitrogens with one attached hydrogen (secondary N) is 1. The molecule has 0 radical (unpaired) electrons. The van der Waals surface area contributed by atoms with Crippen LogP contribution in [0.4, 0.5) is 0 Å². The molecule has 5 nitrogen and oxygen atoms in total. The summed E-state index contributed by atoms with van der Waals surface area (Å²) >= 11 is 5.88. The van der Waals surface area contributed by atoms with Gasteiger partial charge in [-0.3, -0.25) is 9.59 Å². The van der Waals surface area contributed by atoms with Crippen molar-refractivity contribution in [3.05, 3.63) is 64.7 Å². The molecule has 0 aliphatic heterocycles. The lowest BCUT2D eigenvalue weighted by atomic mass is 10.1. The van der Waals surface area contributed by atoms with E-state index in [2.05, 4.69) is 12.2 Å². The van der Waals surface area contributed by atoms with E-state index in [0.717, 1.165) is 24.0 Å². The number of ether oxygens (including phenoxy) is 1. The lowest BCUT2D eigenvalue weighted by Gasteiger charge is -2.29. The zero-order chi connectivity index (χ0) is 21.2. The van der Waals surface area contributed by atoms with Gasteiger partial charge in [0.1, 0.15) is 11.8 Å². The van der Waals surface area contributed by atoms with E-state index in [9.17, 15) is 9.59 Å². The molecular formula is C23H29ClN2O3. The number of benzene rings is 2. The smallest absolute Gasteiger partial charge is 0.261 e. The molecule has 2 aromatic rings. The molecule has 0 saturated heterocycles. The molecule has 2 rings (SSSR count). The number of amides is 2. The van der Waals surface area contributed by atoms with E-state index in [-0.39, 0.29) is 18.4 Å². The third kappa shape index (κ3) is 7.09. The normalized spacial score (nSPS) is 11.6. The molecule has 0 fully saturated rings. The maximum absolute atomic E-state index is 13.0. The fourth-order valence-electron chi connectivity index (χ4n) is 2.85. The SMILES string of the molecule is CCCCNC(=O)[C@H](C)N(Cc1ccccc1C)C(=O)COc1ccc(Cl)cc1. The second kappa shape index (κ2) is 11.5. The van der Waals surface area contributed by atoms with Crippen LogP contribution < -0.4 is 10.1 Å². The monoisotopic (exact) mass is 416 g/mol. The fourth-order valence-corrected chi connectivity index (χ4v) is 2.97. The Bertz CT molecular complexity index is 808. The van der Waals surface area contributed by atoms with Crippen LogP contribution in [-0.4, -0.2) is 35.9 Å². The predicted molar refractivity (Wildman–Crippen MR) is 116 cm³/mol.